The molecule has 1 saturated heterocycles. The molecule has 442 valence electrons. The Morgan fingerprint density at radius 2 is 1.47 bits per heavy atom. The van der Waals surface area contributed by atoms with Gasteiger partial charge in [0, 0.05) is 54.6 Å². The fraction of sp³-hybridized carbons (Fsp3) is 0.537. The Kier molecular flexibility index (Phi) is 56.4. The first-order valence-electron chi connectivity index (χ1n) is 29.1. The van der Waals surface area contributed by atoms with Crippen molar-refractivity contribution in [3.63, 3.8) is 0 Å². The Morgan fingerprint density at radius 3 is 1.90 bits per heavy atom. The van der Waals surface area contributed by atoms with Crippen LogP contribution in [0.15, 0.2) is 95.0 Å². The number of nitrogens with zero attached hydrogens (tertiary/aromatic N) is 2. The predicted octanol–water partition coefficient (Wildman–Crippen LogP) is 15.1. The summed E-state index contributed by atoms with van der Waals surface area (Å²) in [6, 6.07) is 7.87. The van der Waals surface area contributed by atoms with E-state index in [0.717, 1.165) is 77.1 Å². The molecule has 0 saturated carbocycles. The van der Waals surface area contributed by atoms with Crippen LogP contribution in [0.3, 0.4) is 0 Å². The number of aryl methyl sites for hydroxylation is 2. The number of anilines is 1. The van der Waals surface area contributed by atoms with E-state index in [9.17, 15) is 28.0 Å². The monoisotopic (exact) mass is 1120 g/mol. The Bertz CT molecular complexity index is 2280. The van der Waals surface area contributed by atoms with E-state index in [4.69, 9.17) is 0 Å². The van der Waals surface area contributed by atoms with Gasteiger partial charge in [0.05, 0.1) is 24.3 Å². The summed E-state index contributed by atoms with van der Waals surface area (Å²) in [6.07, 6.45) is 24.8. The zero-order chi connectivity index (χ0) is 60.8. The zero-order valence-electron chi connectivity index (χ0n) is 53.4. The Morgan fingerprint density at radius 1 is 0.886 bits per heavy atom. The molecular formula is C67H108F2KN5O4-2. The van der Waals surface area contributed by atoms with Crippen molar-refractivity contribution >= 4 is 35.3 Å². The molecule has 3 N–H and O–H groups in total. The van der Waals surface area contributed by atoms with Crippen LogP contribution in [0, 0.1) is 45.3 Å². The molecule has 9 nitrogen and oxygen atoms in total. The number of carbonyl (C=O) groups is 2. The minimum absolute atomic E-state index is 0. The summed E-state index contributed by atoms with van der Waals surface area (Å²) in [5.74, 6) is 0.279. The van der Waals surface area contributed by atoms with E-state index < -0.39 is 6.04 Å². The Labute approximate surface area is 524 Å². The topological polar surface area (TPSA) is 122 Å². The maximum atomic E-state index is 14.0. The van der Waals surface area contributed by atoms with Gasteiger partial charge in [-0.3, -0.25) is 23.9 Å². The number of rotatable bonds is 16. The standard InChI is InChI=1S/C18H23N3O.C15H18FO.C13H17FN2O2.C7H12.2C4H10.3C2H6.K/c1-12(2)13(3)10-16-14(4)20-8-6-17(16)21-9-7-15(19-5)11-18(21)22;1-4-6-13(7-5-2)15-11(3)8-12(10-17)9-14(15)16;1-8-2-3-9(6-11(8)14)16-12-5-4-10(17)7-15-13(12)18;1-4-7(5-2)6-3;2*1-3-4-2;3*1-2;/h6-12,19H,1-5H3;6,8-9H,4-5,7H2,1-3H3;6,12,16H,2-5,7H2,1H3,(H,15,18);4,7H,1-3,5-6H2;2*3-4H2,1-2H3;3*1-2H3;/q;-1;;-2;;;;;;+1/b13-10+;13-6+;;;;;;;;. The number of aromatic nitrogens is 2. The number of hydrogen-bond acceptors (Lipinski definition) is 7. The van der Waals surface area contributed by atoms with Gasteiger partial charge in [-0.25, -0.2) is 8.78 Å². The van der Waals surface area contributed by atoms with Crippen LogP contribution in [0.2, 0.25) is 0 Å². The quantitative estimate of drug-likeness (QED) is 0.0742. The molecule has 3 aromatic rings. The van der Waals surface area contributed by atoms with Crippen molar-refractivity contribution in [2.24, 2.45) is 11.8 Å². The molecule has 0 spiro atoms. The molecule has 2 aromatic heterocycles. The van der Waals surface area contributed by atoms with Gasteiger partial charge in [0.25, 0.3) is 5.56 Å². The molecule has 1 aliphatic carbocycles. The number of nitrogens with one attached hydrogen (secondary N) is 3. The first-order chi connectivity index (χ1) is 37.3. The average molecular weight is 1120 g/mol. The number of ketones is 1. The zero-order valence-corrected chi connectivity index (χ0v) is 56.5. The van der Waals surface area contributed by atoms with E-state index in [-0.39, 0.29) is 92.4 Å². The maximum Gasteiger partial charge on any atom is 1.00 e. The third-order valence-corrected chi connectivity index (χ3v) is 12.0. The predicted molar refractivity (Wildman–Crippen MR) is 336 cm³/mol. The number of Topliss-reactive ketones (excluding diaryl/α,β-unsaturated/α-hetero) is 1. The van der Waals surface area contributed by atoms with Crippen molar-refractivity contribution in [2.45, 2.75) is 214 Å². The molecule has 3 heterocycles. The van der Waals surface area contributed by atoms with E-state index >= 15 is 0 Å². The van der Waals surface area contributed by atoms with Crippen LogP contribution in [0.1, 0.15) is 222 Å². The summed E-state index contributed by atoms with van der Waals surface area (Å²) in [4.78, 5) is 50.2. The minimum atomic E-state index is -0.436. The fourth-order valence-corrected chi connectivity index (χ4v) is 6.71. The van der Waals surface area contributed by atoms with Crippen LogP contribution >= 0.6 is 0 Å². The molecule has 2 aliphatic rings. The summed E-state index contributed by atoms with van der Waals surface area (Å²) in [5, 5.41) is 8.59. The smallest absolute Gasteiger partial charge is 0.388 e. The van der Waals surface area contributed by atoms with Crippen molar-refractivity contribution in [1.82, 2.24) is 20.2 Å². The van der Waals surface area contributed by atoms with Gasteiger partial charge in [0.1, 0.15) is 11.9 Å². The Balaban J connectivity index is -0.000000294. The van der Waals surface area contributed by atoms with Gasteiger partial charge in [0.2, 0.25) is 5.91 Å². The third kappa shape index (κ3) is 35.4. The number of allylic oxidation sites excluding steroid dienone is 8. The summed E-state index contributed by atoms with van der Waals surface area (Å²) >= 11 is 0. The normalized spacial score (nSPS) is 13.4. The molecule has 0 bridgehead atoms. The summed E-state index contributed by atoms with van der Waals surface area (Å²) < 4.78 is 29.1. The van der Waals surface area contributed by atoms with Crippen molar-refractivity contribution in [3.8, 4) is 5.69 Å². The molecule has 1 fully saturated rings. The van der Waals surface area contributed by atoms with E-state index in [1.807, 2.05) is 80.5 Å². The molecule has 1 unspecified atom stereocenters. The first kappa shape index (κ1) is 83.7. The van der Waals surface area contributed by atoms with Gasteiger partial charge in [-0.05, 0) is 93.7 Å². The van der Waals surface area contributed by atoms with Crippen LogP contribution in [-0.4, -0.2) is 47.2 Å². The van der Waals surface area contributed by atoms with Crippen molar-refractivity contribution in [3.05, 3.63) is 148 Å². The van der Waals surface area contributed by atoms with E-state index in [1.165, 1.54) is 43.4 Å². The summed E-state index contributed by atoms with van der Waals surface area (Å²) in [7, 11) is 1.80. The van der Waals surface area contributed by atoms with Crippen molar-refractivity contribution in [2.75, 3.05) is 18.9 Å². The number of halogens is 2. The molecule has 1 aliphatic heterocycles. The van der Waals surface area contributed by atoms with Crippen LogP contribution < -0.4 is 72.9 Å². The van der Waals surface area contributed by atoms with E-state index in [0.29, 0.717) is 43.1 Å². The number of hydrogen-bond donors (Lipinski definition) is 3. The van der Waals surface area contributed by atoms with E-state index in [2.05, 4.69) is 109 Å². The van der Waals surface area contributed by atoms with Crippen LogP contribution in [0.5, 0.6) is 0 Å². The SMILES string of the molecule is C=CC(C[CH2-])C[CH2-].CC.CC.CC.CC/C=C(\CCC)c1c(C)cc([C-]=O)cc1F.CC1=C(F)C=C(NC2CCC(=O)CNC2=O)CC1.CCCC.CCCC.CNc1ccn(-c2ccnc(C)c2/C=C(\C)C(C)C)c(=O)c1.[K+]. The number of benzene rings is 1. The Hall–Kier alpha value is -4.07. The van der Waals surface area contributed by atoms with Crippen molar-refractivity contribution < 1.29 is 74.5 Å². The minimum Gasteiger partial charge on any atom is -0.388 e. The van der Waals surface area contributed by atoms with Crippen LogP contribution in [-0.2, 0) is 14.4 Å². The molecule has 1 aromatic carbocycles. The van der Waals surface area contributed by atoms with Crippen LogP contribution in [0.25, 0.3) is 17.3 Å². The molecule has 5 rings (SSSR count). The van der Waals surface area contributed by atoms with Gasteiger partial charge >= 0.3 is 51.4 Å². The second kappa shape index (κ2) is 53.2. The van der Waals surface area contributed by atoms with E-state index in [1.54, 1.807) is 49.4 Å². The second-order valence-corrected chi connectivity index (χ2v) is 18.2. The molecule has 12 heteroatoms. The molecule has 79 heavy (non-hydrogen) atoms. The molecule has 1 amide bonds. The number of amides is 1. The van der Waals surface area contributed by atoms with Gasteiger partial charge in [-0.1, -0.05) is 171 Å². The summed E-state index contributed by atoms with van der Waals surface area (Å²) in [6.45, 7) is 48.0. The third-order valence-electron chi connectivity index (χ3n) is 12.0. The molecule has 1 atom stereocenters. The molecular weight excluding hydrogens is 1020 g/mol. The largest absolute Gasteiger partial charge is 1.00 e. The maximum absolute atomic E-state index is 14.0. The van der Waals surface area contributed by atoms with Gasteiger partial charge in [0.15, 0.2) is 5.78 Å². The molecule has 0 radical (unpaired) electrons. The fourth-order valence-electron chi connectivity index (χ4n) is 6.71. The number of carbonyl (C=O) groups excluding carboxylic acids is 3. The second-order valence-electron chi connectivity index (χ2n) is 18.2. The van der Waals surface area contributed by atoms with Gasteiger partial charge < -0.3 is 34.6 Å². The first-order valence-corrected chi connectivity index (χ1v) is 29.1. The summed E-state index contributed by atoms with van der Waals surface area (Å²) in [5.41, 5.74) is 9.00. The average Bonchev–Trinajstić information content (AvgIpc) is 3.61. The number of unbranched alkanes of at least 4 members (excludes halogenated alkanes) is 2. The van der Waals surface area contributed by atoms with Crippen LogP contribution in [0.4, 0.5) is 14.5 Å². The number of pyridine rings is 2. The van der Waals surface area contributed by atoms with Gasteiger partial charge in [-0.2, -0.15) is 18.9 Å². The van der Waals surface area contributed by atoms with Crippen molar-refractivity contribution in [1.29, 1.82) is 0 Å². The van der Waals surface area contributed by atoms with Gasteiger partial charge in [-0.15, -0.1) is 18.2 Å².